The summed E-state index contributed by atoms with van der Waals surface area (Å²) in [4.78, 5) is 2.06. The quantitative estimate of drug-likeness (QED) is 0.572. The highest BCUT2D eigenvalue weighted by molar-refractivity contribution is 14.1. The Balaban J connectivity index is 2.59. The van der Waals surface area contributed by atoms with Crippen LogP contribution in [-0.4, -0.2) is 13.1 Å². The zero-order valence-corrected chi connectivity index (χ0v) is 11.3. The Kier molecular flexibility index (Phi) is 3.55. The summed E-state index contributed by atoms with van der Waals surface area (Å²) < 4.78 is 14.5. The van der Waals surface area contributed by atoms with Crippen LogP contribution in [-0.2, 0) is 0 Å². The molecule has 0 atom stereocenters. The van der Waals surface area contributed by atoms with Crippen molar-refractivity contribution in [3.8, 4) is 6.07 Å². The van der Waals surface area contributed by atoms with Gasteiger partial charge in [0, 0.05) is 16.7 Å². The molecule has 84 valence electrons. The van der Waals surface area contributed by atoms with Crippen molar-refractivity contribution in [3.05, 3.63) is 26.0 Å². The maximum atomic E-state index is 13.7. The highest BCUT2D eigenvalue weighted by atomic mass is 127. The van der Waals surface area contributed by atoms with Crippen LogP contribution in [0.15, 0.2) is 6.07 Å². The second-order valence-electron chi connectivity index (χ2n) is 3.68. The molecule has 0 bridgehead atoms. The van der Waals surface area contributed by atoms with E-state index in [0.29, 0.717) is 5.69 Å². The molecule has 0 aromatic heterocycles. The predicted octanol–water partition coefficient (Wildman–Crippen LogP) is 3.56. The van der Waals surface area contributed by atoms with E-state index in [-0.39, 0.29) is 10.6 Å². The molecule has 1 fully saturated rings. The van der Waals surface area contributed by atoms with Gasteiger partial charge in [0.25, 0.3) is 0 Å². The molecular weight excluding hydrogens is 341 g/mol. The molecule has 5 heteroatoms. The predicted molar refractivity (Wildman–Crippen MR) is 70.3 cm³/mol. The van der Waals surface area contributed by atoms with Gasteiger partial charge in [-0.2, -0.15) is 5.26 Å². The molecule has 0 spiro atoms. The Morgan fingerprint density at radius 3 is 2.62 bits per heavy atom. The van der Waals surface area contributed by atoms with Gasteiger partial charge in [-0.25, -0.2) is 4.39 Å². The van der Waals surface area contributed by atoms with Crippen LogP contribution in [0, 0.1) is 20.7 Å². The first-order valence-corrected chi connectivity index (χ1v) is 6.43. The third-order valence-electron chi connectivity index (χ3n) is 2.68. The van der Waals surface area contributed by atoms with Crippen molar-refractivity contribution in [2.75, 3.05) is 18.0 Å². The second kappa shape index (κ2) is 4.76. The Morgan fingerprint density at radius 1 is 1.44 bits per heavy atom. The number of hydrogen-bond acceptors (Lipinski definition) is 2. The lowest BCUT2D eigenvalue weighted by molar-refractivity contribution is 0.623. The molecule has 1 heterocycles. The maximum Gasteiger partial charge on any atom is 0.161 e. The fraction of sp³-hybridized carbons (Fsp3) is 0.364. The number of hydrogen-bond donors (Lipinski definition) is 0. The first kappa shape index (κ1) is 11.9. The van der Waals surface area contributed by atoms with Gasteiger partial charge in [-0.05, 0) is 41.5 Å². The molecule has 1 aliphatic rings. The van der Waals surface area contributed by atoms with E-state index in [2.05, 4.69) is 27.5 Å². The van der Waals surface area contributed by atoms with Crippen molar-refractivity contribution in [1.29, 1.82) is 5.26 Å². The van der Waals surface area contributed by atoms with E-state index in [1.165, 1.54) is 0 Å². The van der Waals surface area contributed by atoms with E-state index in [4.69, 9.17) is 16.9 Å². The summed E-state index contributed by atoms with van der Waals surface area (Å²) in [6.45, 7) is 1.76. The fourth-order valence-electron chi connectivity index (χ4n) is 1.94. The molecule has 16 heavy (non-hydrogen) atoms. The van der Waals surface area contributed by atoms with Crippen LogP contribution >= 0.6 is 34.2 Å². The third kappa shape index (κ3) is 1.98. The van der Waals surface area contributed by atoms with Crippen LogP contribution in [0.2, 0.25) is 5.02 Å². The minimum Gasteiger partial charge on any atom is -0.370 e. The molecule has 0 saturated carbocycles. The van der Waals surface area contributed by atoms with Crippen LogP contribution < -0.4 is 4.90 Å². The molecule has 0 amide bonds. The van der Waals surface area contributed by atoms with Gasteiger partial charge in [-0.3, -0.25) is 0 Å². The van der Waals surface area contributed by atoms with Crippen LogP contribution in [0.3, 0.4) is 0 Å². The fourth-order valence-corrected chi connectivity index (χ4v) is 3.25. The van der Waals surface area contributed by atoms with Gasteiger partial charge in [0.15, 0.2) is 5.82 Å². The number of nitriles is 1. The normalized spacial score (nSPS) is 15.2. The van der Waals surface area contributed by atoms with Gasteiger partial charge in [0.05, 0.1) is 10.7 Å². The van der Waals surface area contributed by atoms with Crippen molar-refractivity contribution in [2.24, 2.45) is 0 Å². The molecule has 1 aliphatic heterocycles. The van der Waals surface area contributed by atoms with Gasteiger partial charge < -0.3 is 4.90 Å². The molecule has 2 nitrogen and oxygen atoms in total. The Hall–Kier alpha value is -0.540. The molecular formula is C11H9ClFIN2. The summed E-state index contributed by atoms with van der Waals surface area (Å²) in [6, 6.07) is 3.49. The number of nitrogens with zero attached hydrogens (tertiary/aromatic N) is 2. The minimum atomic E-state index is -0.605. The van der Waals surface area contributed by atoms with E-state index in [1.807, 2.05) is 6.07 Å². The van der Waals surface area contributed by atoms with Crippen LogP contribution in [0.25, 0.3) is 0 Å². The lowest BCUT2D eigenvalue weighted by Gasteiger charge is -2.21. The maximum absolute atomic E-state index is 13.7. The van der Waals surface area contributed by atoms with E-state index in [9.17, 15) is 4.39 Å². The molecule has 1 saturated heterocycles. The summed E-state index contributed by atoms with van der Waals surface area (Å²) >= 11 is 7.82. The molecule has 0 N–H and O–H groups in total. The molecule has 0 aliphatic carbocycles. The molecule has 0 unspecified atom stereocenters. The van der Waals surface area contributed by atoms with Gasteiger partial charge in [0.2, 0.25) is 0 Å². The molecule has 0 radical (unpaired) electrons. The van der Waals surface area contributed by atoms with Crippen molar-refractivity contribution >= 4 is 39.9 Å². The lowest BCUT2D eigenvalue weighted by atomic mass is 10.1. The largest absolute Gasteiger partial charge is 0.370 e. The van der Waals surface area contributed by atoms with E-state index >= 15 is 0 Å². The summed E-state index contributed by atoms with van der Waals surface area (Å²) in [6.07, 6.45) is 2.18. The van der Waals surface area contributed by atoms with E-state index in [1.54, 1.807) is 6.07 Å². The standard InChI is InChI=1S/C11H9ClFIN2/c12-8-5-9(14)11(7(6-15)10(8)13)16-3-1-2-4-16/h5H,1-4H2. The SMILES string of the molecule is N#Cc1c(F)c(Cl)cc(I)c1N1CCCC1. The molecule has 2 rings (SSSR count). The van der Waals surface area contributed by atoms with Crippen molar-refractivity contribution in [2.45, 2.75) is 12.8 Å². The first-order valence-electron chi connectivity index (χ1n) is 4.97. The summed E-state index contributed by atoms with van der Waals surface area (Å²) in [5.41, 5.74) is 0.765. The zero-order valence-electron chi connectivity index (χ0n) is 8.43. The minimum absolute atomic E-state index is 0.0175. The number of rotatable bonds is 1. The Morgan fingerprint density at radius 2 is 2.06 bits per heavy atom. The van der Waals surface area contributed by atoms with Crippen molar-refractivity contribution in [1.82, 2.24) is 0 Å². The Labute approximate surface area is 112 Å². The third-order valence-corrected chi connectivity index (χ3v) is 3.78. The first-order chi connectivity index (χ1) is 7.65. The Bertz CT molecular complexity index is 464. The van der Waals surface area contributed by atoms with Crippen molar-refractivity contribution in [3.63, 3.8) is 0 Å². The van der Waals surface area contributed by atoms with Crippen LogP contribution in [0.5, 0.6) is 0 Å². The van der Waals surface area contributed by atoms with Crippen LogP contribution in [0.1, 0.15) is 18.4 Å². The zero-order chi connectivity index (χ0) is 11.7. The molecule has 1 aromatic rings. The number of anilines is 1. The van der Waals surface area contributed by atoms with Gasteiger partial charge >= 0.3 is 0 Å². The number of halogens is 3. The van der Waals surface area contributed by atoms with Gasteiger partial charge in [-0.1, -0.05) is 11.6 Å². The summed E-state index contributed by atoms with van der Waals surface area (Å²) in [5, 5.41) is 9.05. The van der Waals surface area contributed by atoms with Gasteiger partial charge in [-0.15, -0.1) is 0 Å². The number of benzene rings is 1. The van der Waals surface area contributed by atoms with E-state index < -0.39 is 5.82 Å². The topological polar surface area (TPSA) is 27.0 Å². The van der Waals surface area contributed by atoms with E-state index in [0.717, 1.165) is 29.5 Å². The highest BCUT2D eigenvalue weighted by Crippen LogP contribution is 2.34. The lowest BCUT2D eigenvalue weighted by Crippen LogP contribution is -2.20. The summed E-state index contributed by atoms with van der Waals surface area (Å²) in [5.74, 6) is -0.605. The highest BCUT2D eigenvalue weighted by Gasteiger charge is 2.23. The smallest absolute Gasteiger partial charge is 0.161 e. The average Bonchev–Trinajstić information content (AvgIpc) is 2.76. The van der Waals surface area contributed by atoms with Crippen molar-refractivity contribution < 1.29 is 4.39 Å². The second-order valence-corrected chi connectivity index (χ2v) is 5.25. The van der Waals surface area contributed by atoms with Gasteiger partial charge in [0.1, 0.15) is 11.6 Å². The average molecular weight is 351 g/mol. The summed E-state index contributed by atoms with van der Waals surface area (Å²) in [7, 11) is 0. The van der Waals surface area contributed by atoms with Crippen LogP contribution in [0.4, 0.5) is 10.1 Å². The monoisotopic (exact) mass is 350 g/mol. The molecule has 1 aromatic carbocycles.